The number of hydrogen-bond donors (Lipinski definition) is 0. The van der Waals surface area contributed by atoms with Crippen LogP contribution in [0.5, 0.6) is 0 Å². The largest absolute Gasteiger partial charge is 0.310 e. The van der Waals surface area contributed by atoms with Gasteiger partial charge in [0.05, 0.1) is 22.4 Å². The van der Waals surface area contributed by atoms with Crippen LogP contribution in [0.3, 0.4) is 0 Å². The zero-order valence-electron chi connectivity index (χ0n) is 30.7. The van der Waals surface area contributed by atoms with Gasteiger partial charge in [-0.25, -0.2) is 0 Å². The molecule has 11 rings (SSSR count). The topological polar surface area (TPSA) is 8.17 Å². The van der Waals surface area contributed by atoms with Crippen molar-refractivity contribution in [1.82, 2.24) is 4.57 Å². The Morgan fingerprint density at radius 2 is 0.821 bits per heavy atom. The predicted octanol–water partition coefficient (Wildman–Crippen LogP) is 15.0. The van der Waals surface area contributed by atoms with Gasteiger partial charge in [-0.1, -0.05) is 170 Å². The van der Waals surface area contributed by atoms with Crippen molar-refractivity contribution in [3.63, 3.8) is 0 Å². The molecule has 2 heteroatoms. The molecule has 11 aromatic rings. The van der Waals surface area contributed by atoms with Crippen LogP contribution in [-0.2, 0) is 0 Å². The second kappa shape index (κ2) is 13.2. The SMILES string of the molecule is c1ccc(-c2ccccc2N(c2ccc(-c3ccccc3-n3c4ccccc4c4ccccc43)cc2)c2ccc3ccc4c5ccccc5ccc4c3c2)cc1. The maximum Gasteiger partial charge on any atom is 0.0541 e. The Labute approximate surface area is 325 Å². The summed E-state index contributed by atoms with van der Waals surface area (Å²) in [4.78, 5) is 2.42. The quantitative estimate of drug-likeness (QED) is 0.156. The number of para-hydroxylation sites is 4. The molecule has 262 valence electrons. The number of rotatable bonds is 6. The summed E-state index contributed by atoms with van der Waals surface area (Å²) in [5.74, 6) is 0. The zero-order valence-corrected chi connectivity index (χ0v) is 30.7. The minimum atomic E-state index is 1.09. The Bertz CT molecular complexity index is 3190. The summed E-state index contributed by atoms with van der Waals surface area (Å²) in [5.41, 5.74) is 11.6. The van der Waals surface area contributed by atoms with Crippen molar-refractivity contribution in [3.05, 3.63) is 218 Å². The monoisotopic (exact) mass is 712 g/mol. The van der Waals surface area contributed by atoms with E-state index in [2.05, 4.69) is 228 Å². The first-order valence-electron chi connectivity index (χ1n) is 19.3. The van der Waals surface area contributed by atoms with E-state index < -0.39 is 0 Å². The van der Waals surface area contributed by atoms with Gasteiger partial charge in [-0.15, -0.1) is 0 Å². The molecule has 0 radical (unpaired) electrons. The van der Waals surface area contributed by atoms with E-state index in [1.807, 2.05) is 0 Å². The average Bonchev–Trinajstić information content (AvgIpc) is 3.61. The minimum absolute atomic E-state index is 1.09. The lowest BCUT2D eigenvalue weighted by atomic mass is 9.96. The number of fused-ring (bicyclic) bond motifs is 8. The van der Waals surface area contributed by atoms with Crippen LogP contribution in [0.1, 0.15) is 0 Å². The molecule has 0 aliphatic carbocycles. The van der Waals surface area contributed by atoms with Crippen LogP contribution in [0.25, 0.3) is 82.1 Å². The van der Waals surface area contributed by atoms with E-state index in [0.717, 1.165) is 22.7 Å². The molecule has 0 unspecified atom stereocenters. The van der Waals surface area contributed by atoms with E-state index in [-0.39, 0.29) is 0 Å². The minimum Gasteiger partial charge on any atom is -0.310 e. The first-order chi connectivity index (χ1) is 27.8. The van der Waals surface area contributed by atoms with Gasteiger partial charge in [0.15, 0.2) is 0 Å². The van der Waals surface area contributed by atoms with E-state index >= 15 is 0 Å². The number of aromatic nitrogens is 1. The highest BCUT2D eigenvalue weighted by Crippen LogP contribution is 2.44. The Morgan fingerprint density at radius 1 is 0.304 bits per heavy atom. The van der Waals surface area contributed by atoms with Crippen molar-refractivity contribution in [1.29, 1.82) is 0 Å². The van der Waals surface area contributed by atoms with Gasteiger partial charge in [0.2, 0.25) is 0 Å². The maximum absolute atomic E-state index is 2.42. The molecule has 0 bridgehead atoms. The van der Waals surface area contributed by atoms with Crippen LogP contribution in [0, 0.1) is 0 Å². The Hall–Kier alpha value is -7.42. The Morgan fingerprint density at radius 3 is 1.57 bits per heavy atom. The van der Waals surface area contributed by atoms with Crippen molar-refractivity contribution in [2.24, 2.45) is 0 Å². The molecule has 0 fully saturated rings. The zero-order chi connectivity index (χ0) is 37.0. The normalized spacial score (nSPS) is 11.6. The second-order valence-corrected chi connectivity index (χ2v) is 14.5. The van der Waals surface area contributed by atoms with Crippen molar-refractivity contribution in [2.45, 2.75) is 0 Å². The third kappa shape index (κ3) is 5.19. The van der Waals surface area contributed by atoms with E-state index in [0.29, 0.717) is 0 Å². The fraction of sp³-hybridized carbons (Fsp3) is 0. The third-order valence-electron chi connectivity index (χ3n) is 11.4. The lowest BCUT2D eigenvalue weighted by molar-refractivity contribution is 1.18. The van der Waals surface area contributed by atoms with Crippen molar-refractivity contribution in [2.75, 3.05) is 4.90 Å². The highest BCUT2D eigenvalue weighted by Gasteiger charge is 2.20. The van der Waals surface area contributed by atoms with Crippen LogP contribution in [-0.4, -0.2) is 4.57 Å². The summed E-state index contributed by atoms with van der Waals surface area (Å²) in [6.07, 6.45) is 0. The van der Waals surface area contributed by atoms with Gasteiger partial charge < -0.3 is 9.47 Å². The van der Waals surface area contributed by atoms with Crippen molar-refractivity contribution in [3.8, 4) is 27.9 Å². The molecule has 0 aliphatic heterocycles. The summed E-state index contributed by atoms with van der Waals surface area (Å²) in [5, 5.41) is 10.1. The van der Waals surface area contributed by atoms with E-state index in [1.165, 1.54) is 76.4 Å². The van der Waals surface area contributed by atoms with Crippen LogP contribution < -0.4 is 4.90 Å². The summed E-state index contributed by atoms with van der Waals surface area (Å²) in [6, 6.07) is 79.5. The molecular formula is C54H36N2. The smallest absolute Gasteiger partial charge is 0.0541 e. The van der Waals surface area contributed by atoms with Crippen molar-refractivity contribution >= 4 is 71.2 Å². The third-order valence-corrected chi connectivity index (χ3v) is 11.4. The van der Waals surface area contributed by atoms with Gasteiger partial charge >= 0.3 is 0 Å². The molecule has 0 N–H and O–H groups in total. The molecule has 1 heterocycles. The number of benzene rings is 10. The van der Waals surface area contributed by atoms with Gasteiger partial charge in [-0.05, 0) is 92.0 Å². The number of hydrogen-bond acceptors (Lipinski definition) is 1. The summed E-state index contributed by atoms with van der Waals surface area (Å²) in [7, 11) is 0. The highest BCUT2D eigenvalue weighted by molar-refractivity contribution is 6.18. The lowest BCUT2D eigenvalue weighted by Gasteiger charge is -2.28. The summed E-state index contributed by atoms with van der Waals surface area (Å²) in [6.45, 7) is 0. The molecule has 0 amide bonds. The first kappa shape index (κ1) is 32.0. The highest BCUT2D eigenvalue weighted by atomic mass is 15.1. The molecule has 2 nitrogen and oxygen atoms in total. The molecule has 0 aliphatic rings. The lowest BCUT2D eigenvalue weighted by Crippen LogP contribution is -2.11. The van der Waals surface area contributed by atoms with Gasteiger partial charge in [-0.2, -0.15) is 0 Å². The molecule has 10 aromatic carbocycles. The molecule has 0 saturated carbocycles. The van der Waals surface area contributed by atoms with Gasteiger partial charge in [0.1, 0.15) is 0 Å². The van der Waals surface area contributed by atoms with Crippen LogP contribution in [0.4, 0.5) is 17.1 Å². The van der Waals surface area contributed by atoms with E-state index in [9.17, 15) is 0 Å². The Balaban J connectivity index is 1.09. The van der Waals surface area contributed by atoms with E-state index in [1.54, 1.807) is 0 Å². The molecule has 0 atom stereocenters. The number of anilines is 3. The van der Waals surface area contributed by atoms with Crippen LogP contribution in [0.15, 0.2) is 218 Å². The number of nitrogens with zero attached hydrogens (tertiary/aromatic N) is 2. The average molecular weight is 713 g/mol. The molecule has 1 aromatic heterocycles. The first-order valence-corrected chi connectivity index (χ1v) is 19.3. The predicted molar refractivity (Wildman–Crippen MR) is 239 cm³/mol. The molecular weight excluding hydrogens is 677 g/mol. The van der Waals surface area contributed by atoms with Gasteiger partial charge in [-0.3, -0.25) is 0 Å². The van der Waals surface area contributed by atoms with Crippen LogP contribution >= 0.6 is 0 Å². The second-order valence-electron chi connectivity index (χ2n) is 14.5. The standard InChI is InChI=1S/C54H36N2/c1-2-14-37(15-3-1)44-18-6-10-22-51(44)55(42-33-28-40-30-34-46-43-17-5-4-16-38(43)29-35-47(46)50(40)36-42)41-31-26-39(27-32-41)45-19-7-11-23-52(45)56-53-24-12-8-20-48(53)49-21-9-13-25-54(49)56/h1-36H. The summed E-state index contributed by atoms with van der Waals surface area (Å²) < 4.78 is 2.42. The van der Waals surface area contributed by atoms with E-state index in [4.69, 9.17) is 0 Å². The fourth-order valence-corrected chi connectivity index (χ4v) is 8.79. The Kier molecular flexibility index (Phi) is 7.53. The molecule has 0 saturated heterocycles. The summed E-state index contributed by atoms with van der Waals surface area (Å²) >= 11 is 0. The van der Waals surface area contributed by atoms with Gasteiger partial charge in [0, 0.05) is 33.3 Å². The molecule has 0 spiro atoms. The molecule has 56 heavy (non-hydrogen) atoms. The maximum atomic E-state index is 2.42. The van der Waals surface area contributed by atoms with Crippen molar-refractivity contribution < 1.29 is 0 Å². The van der Waals surface area contributed by atoms with Crippen LogP contribution in [0.2, 0.25) is 0 Å². The van der Waals surface area contributed by atoms with Gasteiger partial charge in [0.25, 0.3) is 0 Å². The fourth-order valence-electron chi connectivity index (χ4n) is 8.79.